The van der Waals surface area contributed by atoms with Crippen LogP contribution in [0, 0.1) is 5.92 Å². The lowest BCUT2D eigenvalue weighted by Crippen LogP contribution is -2.48. The second-order valence-electron chi connectivity index (χ2n) is 5.53. The lowest BCUT2D eigenvalue weighted by molar-refractivity contribution is -0.129. The van der Waals surface area contributed by atoms with Crippen LogP contribution in [0.1, 0.15) is 19.8 Å². The SMILES string of the molecule is CC(=O)N1CCN(c2ccc(NC(=O)C3CC3)nn2)CC1. The van der Waals surface area contributed by atoms with Gasteiger partial charge in [0.05, 0.1) is 0 Å². The van der Waals surface area contributed by atoms with Gasteiger partial charge in [0, 0.05) is 39.0 Å². The number of anilines is 2. The van der Waals surface area contributed by atoms with Crippen molar-refractivity contribution in [3.8, 4) is 0 Å². The van der Waals surface area contributed by atoms with Crippen LogP contribution in [0.5, 0.6) is 0 Å². The Balaban J connectivity index is 1.57. The van der Waals surface area contributed by atoms with Crippen molar-refractivity contribution in [2.45, 2.75) is 19.8 Å². The van der Waals surface area contributed by atoms with Gasteiger partial charge in [-0.05, 0) is 25.0 Å². The zero-order chi connectivity index (χ0) is 14.8. The highest BCUT2D eigenvalue weighted by atomic mass is 16.2. The summed E-state index contributed by atoms with van der Waals surface area (Å²) in [6.45, 7) is 4.51. The minimum Gasteiger partial charge on any atom is -0.352 e. The van der Waals surface area contributed by atoms with Crippen LogP contribution in [0.4, 0.5) is 11.6 Å². The van der Waals surface area contributed by atoms with Crippen LogP contribution in [0.3, 0.4) is 0 Å². The monoisotopic (exact) mass is 289 g/mol. The Hall–Kier alpha value is -2.18. The molecule has 0 atom stereocenters. The van der Waals surface area contributed by atoms with Crippen LogP contribution in [-0.2, 0) is 9.59 Å². The first kappa shape index (κ1) is 13.8. The number of carbonyl (C=O) groups excluding carboxylic acids is 2. The van der Waals surface area contributed by atoms with E-state index in [9.17, 15) is 9.59 Å². The van der Waals surface area contributed by atoms with Crippen molar-refractivity contribution in [1.82, 2.24) is 15.1 Å². The molecule has 0 aromatic carbocycles. The van der Waals surface area contributed by atoms with E-state index in [0.29, 0.717) is 18.9 Å². The maximum atomic E-state index is 11.6. The van der Waals surface area contributed by atoms with E-state index in [1.807, 2.05) is 11.0 Å². The molecule has 1 aliphatic heterocycles. The number of piperazine rings is 1. The predicted molar refractivity (Wildman–Crippen MR) is 77.9 cm³/mol. The number of carbonyl (C=O) groups is 2. The van der Waals surface area contributed by atoms with Crippen LogP contribution in [0.15, 0.2) is 12.1 Å². The minimum absolute atomic E-state index is 0.0344. The van der Waals surface area contributed by atoms with Gasteiger partial charge in [-0.1, -0.05) is 0 Å². The summed E-state index contributed by atoms with van der Waals surface area (Å²) < 4.78 is 0. The van der Waals surface area contributed by atoms with Crippen molar-refractivity contribution in [3.63, 3.8) is 0 Å². The number of amides is 2. The third-order valence-electron chi connectivity index (χ3n) is 3.90. The molecule has 1 saturated heterocycles. The summed E-state index contributed by atoms with van der Waals surface area (Å²) in [5.74, 6) is 1.58. The maximum Gasteiger partial charge on any atom is 0.228 e. The van der Waals surface area contributed by atoms with Gasteiger partial charge in [-0.3, -0.25) is 9.59 Å². The Labute approximate surface area is 123 Å². The molecule has 1 saturated carbocycles. The Morgan fingerprint density at radius 2 is 1.86 bits per heavy atom. The second kappa shape index (κ2) is 5.67. The van der Waals surface area contributed by atoms with Gasteiger partial charge in [0.15, 0.2) is 11.6 Å². The molecule has 7 heteroatoms. The van der Waals surface area contributed by atoms with E-state index in [-0.39, 0.29) is 17.7 Å². The van der Waals surface area contributed by atoms with Gasteiger partial charge in [0.25, 0.3) is 0 Å². The minimum atomic E-state index is 0.0344. The van der Waals surface area contributed by atoms with Crippen molar-refractivity contribution in [1.29, 1.82) is 0 Å². The molecule has 0 bridgehead atoms. The fourth-order valence-corrected chi connectivity index (χ4v) is 2.38. The zero-order valence-electron chi connectivity index (χ0n) is 12.1. The fourth-order valence-electron chi connectivity index (χ4n) is 2.38. The Kier molecular flexibility index (Phi) is 3.72. The first-order valence-electron chi connectivity index (χ1n) is 7.28. The molecule has 2 aliphatic rings. The van der Waals surface area contributed by atoms with Crippen LogP contribution in [-0.4, -0.2) is 53.1 Å². The molecule has 21 heavy (non-hydrogen) atoms. The van der Waals surface area contributed by atoms with Gasteiger partial charge in [-0.2, -0.15) is 0 Å². The van der Waals surface area contributed by atoms with E-state index in [0.717, 1.165) is 31.7 Å². The third-order valence-corrected chi connectivity index (χ3v) is 3.90. The second-order valence-corrected chi connectivity index (χ2v) is 5.53. The summed E-state index contributed by atoms with van der Waals surface area (Å²) in [5, 5.41) is 11.0. The first-order valence-corrected chi connectivity index (χ1v) is 7.28. The summed E-state index contributed by atoms with van der Waals surface area (Å²) in [6.07, 6.45) is 1.94. The summed E-state index contributed by atoms with van der Waals surface area (Å²) >= 11 is 0. The molecule has 2 fully saturated rings. The van der Waals surface area contributed by atoms with E-state index in [4.69, 9.17) is 0 Å². The summed E-state index contributed by atoms with van der Waals surface area (Å²) in [4.78, 5) is 26.8. The van der Waals surface area contributed by atoms with Gasteiger partial charge in [-0.15, -0.1) is 10.2 Å². The number of nitrogens with one attached hydrogen (secondary N) is 1. The van der Waals surface area contributed by atoms with Gasteiger partial charge in [0.1, 0.15) is 0 Å². The van der Waals surface area contributed by atoms with Gasteiger partial charge >= 0.3 is 0 Å². The highest BCUT2D eigenvalue weighted by molar-refractivity contribution is 5.93. The summed E-state index contributed by atoms with van der Waals surface area (Å²) in [5.41, 5.74) is 0. The van der Waals surface area contributed by atoms with E-state index in [1.54, 1.807) is 13.0 Å². The van der Waals surface area contributed by atoms with Crippen molar-refractivity contribution in [3.05, 3.63) is 12.1 Å². The molecule has 1 N–H and O–H groups in total. The normalized spacial score (nSPS) is 18.5. The van der Waals surface area contributed by atoms with Crippen LogP contribution in [0.25, 0.3) is 0 Å². The average Bonchev–Trinajstić information content (AvgIpc) is 3.33. The maximum absolute atomic E-state index is 11.6. The van der Waals surface area contributed by atoms with Crippen LogP contribution >= 0.6 is 0 Å². The quantitative estimate of drug-likeness (QED) is 0.876. The van der Waals surface area contributed by atoms with Gasteiger partial charge in [-0.25, -0.2) is 0 Å². The molecule has 2 heterocycles. The Morgan fingerprint density at radius 3 is 2.38 bits per heavy atom. The molecule has 1 aromatic rings. The topological polar surface area (TPSA) is 78.4 Å². The molecule has 112 valence electrons. The van der Waals surface area contributed by atoms with Crippen molar-refractivity contribution in [2.24, 2.45) is 5.92 Å². The van der Waals surface area contributed by atoms with Crippen molar-refractivity contribution >= 4 is 23.5 Å². The highest BCUT2D eigenvalue weighted by Gasteiger charge is 2.29. The summed E-state index contributed by atoms with van der Waals surface area (Å²) in [6, 6.07) is 3.64. The van der Waals surface area contributed by atoms with E-state index in [2.05, 4.69) is 20.4 Å². The van der Waals surface area contributed by atoms with Crippen molar-refractivity contribution in [2.75, 3.05) is 36.4 Å². The molecular formula is C14H19N5O2. The van der Waals surface area contributed by atoms with Gasteiger partial charge in [0.2, 0.25) is 11.8 Å². The van der Waals surface area contributed by atoms with E-state index in [1.165, 1.54) is 0 Å². The molecule has 3 rings (SSSR count). The van der Waals surface area contributed by atoms with Crippen LogP contribution in [0.2, 0.25) is 0 Å². The highest BCUT2D eigenvalue weighted by Crippen LogP contribution is 2.29. The predicted octanol–water partition coefficient (Wildman–Crippen LogP) is 0.494. The standard InChI is InChI=1S/C14H19N5O2/c1-10(20)18-6-8-19(9-7-18)13-5-4-12(16-17-13)15-14(21)11-2-3-11/h4-5,11H,2-3,6-9H2,1H3,(H,15,16,21). The van der Waals surface area contributed by atoms with Crippen LogP contribution < -0.4 is 10.2 Å². The number of hydrogen-bond acceptors (Lipinski definition) is 5. The Bertz CT molecular complexity index is 533. The molecule has 0 spiro atoms. The van der Waals surface area contributed by atoms with E-state index >= 15 is 0 Å². The van der Waals surface area contributed by atoms with Gasteiger partial charge < -0.3 is 15.1 Å². The molecule has 1 aromatic heterocycles. The van der Waals surface area contributed by atoms with Crippen molar-refractivity contribution < 1.29 is 9.59 Å². The number of rotatable bonds is 3. The molecule has 2 amide bonds. The molecule has 0 unspecified atom stereocenters. The smallest absolute Gasteiger partial charge is 0.228 e. The van der Waals surface area contributed by atoms with E-state index < -0.39 is 0 Å². The zero-order valence-corrected chi connectivity index (χ0v) is 12.1. The molecule has 7 nitrogen and oxygen atoms in total. The lowest BCUT2D eigenvalue weighted by Gasteiger charge is -2.34. The Morgan fingerprint density at radius 1 is 1.14 bits per heavy atom. The average molecular weight is 289 g/mol. The fraction of sp³-hybridized carbons (Fsp3) is 0.571. The molecule has 1 aliphatic carbocycles. The first-order chi connectivity index (χ1) is 10.1. The number of hydrogen-bond donors (Lipinski definition) is 1. The lowest BCUT2D eigenvalue weighted by atomic mass is 10.3. The molecule has 0 radical (unpaired) electrons. The third kappa shape index (κ3) is 3.29. The summed E-state index contributed by atoms with van der Waals surface area (Å²) in [7, 11) is 0. The number of aromatic nitrogens is 2. The number of nitrogens with zero attached hydrogens (tertiary/aromatic N) is 4. The largest absolute Gasteiger partial charge is 0.352 e. The molecular weight excluding hydrogens is 270 g/mol.